The van der Waals surface area contributed by atoms with Crippen LogP contribution in [0.3, 0.4) is 0 Å². The quantitative estimate of drug-likeness (QED) is 0.651. The van der Waals surface area contributed by atoms with Crippen molar-refractivity contribution in [2.24, 2.45) is 5.16 Å². The zero-order valence-electron chi connectivity index (χ0n) is 12.8. The second-order valence-electron chi connectivity index (χ2n) is 4.94. The molecule has 1 amide bonds. The molecule has 6 heteroatoms. The summed E-state index contributed by atoms with van der Waals surface area (Å²) in [6.45, 7) is 3.41. The summed E-state index contributed by atoms with van der Waals surface area (Å²) in [4.78, 5) is 16.2. The lowest BCUT2D eigenvalue weighted by atomic mass is 10.1. The zero-order chi connectivity index (χ0) is 16.8. The van der Waals surface area contributed by atoms with Crippen molar-refractivity contribution in [2.45, 2.75) is 20.5 Å². The Hall–Kier alpha value is -2.40. The molecule has 0 aromatic heterocycles. The van der Waals surface area contributed by atoms with Crippen LogP contribution in [0.15, 0.2) is 47.6 Å². The smallest absolute Gasteiger partial charge is 0.221 e. The number of halogens is 2. The van der Waals surface area contributed by atoms with E-state index in [4.69, 9.17) is 16.4 Å². The first-order valence-corrected chi connectivity index (χ1v) is 7.32. The first kappa shape index (κ1) is 17.0. The number of hydrogen-bond donors (Lipinski definition) is 1. The number of benzene rings is 2. The van der Waals surface area contributed by atoms with Gasteiger partial charge >= 0.3 is 0 Å². The molecule has 0 aliphatic rings. The van der Waals surface area contributed by atoms with E-state index in [1.165, 1.54) is 19.1 Å². The molecule has 2 rings (SSSR count). The summed E-state index contributed by atoms with van der Waals surface area (Å²) in [6, 6.07) is 11.3. The van der Waals surface area contributed by atoms with Gasteiger partial charge in [-0.3, -0.25) is 4.79 Å². The van der Waals surface area contributed by atoms with Gasteiger partial charge in [-0.15, -0.1) is 0 Å². The Balaban J connectivity index is 1.98. The van der Waals surface area contributed by atoms with Crippen molar-refractivity contribution in [3.8, 4) is 0 Å². The van der Waals surface area contributed by atoms with Gasteiger partial charge in [-0.2, -0.15) is 0 Å². The van der Waals surface area contributed by atoms with Gasteiger partial charge in [0, 0.05) is 18.2 Å². The largest absolute Gasteiger partial charge is 0.391 e. The van der Waals surface area contributed by atoms with Crippen LogP contribution < -0.4 is 5.32 Å². The monoisotopic (exact) mass is 334 g/mol. The zero-order valence-corrected chi connectivity index (χ0v) is 13.5. The standard InChI is InChI=1S/C17H16ClFN2O2/c1-11(13-4-7-16(8-5-13)20-12(2)22)21-23-10-14-3-6-15(19)9-17(14)18/h3-9H,10H2,1-2H3,(H,20,22)/b21-11+. The van der Waals surface area contributed by atoms with Crippen molar-refractivity contribution < 1.29 is 14.0 Å². The summed E-state index contributed by atoms with van der Waals surface area (Å²) >= 11 is 5.92. The molecule has 120 valence electrons. The average molecular weight is 335 g/mol. The SMILES string of the molecule is CC(=O)Nc1ccc(/C(C)=N/OCc2ccc(F)cc2Cl)cc1. The Kier molecular flexibility index (Phi) is 5.71. The first-order valence-electron chi connectivity index (χ1n) is 6.94. The van der Waals surface area contributed by atoms with Gasteiger partial charge in [-0.05, 0) is 36.8 Å². The Morgan fingerprint density at radius 2 is 1.91 bits per heavy atom. The second-order valence-corrected chi connectivity index (χ2v) is 5.35. The van der Waals surface area contributed by atoms with E-state index in [-0.39, 0.29) is 12.5 Å². The summed E-state index contributed by atoms with van der Waals surface area (Å²) in [6.07, 6.45) is 0. The maximum Gasteiger partial charge on any atom is 0.221 e. The van der Waals surface area contributed by atoms with E-state index in [0.29, 0.717) is 22.0 Å². The number of nitrogens with zero attached hydrogens (tertiary/aromatic N) is 1. The van der Waals surface area contributed by atoms with Crippen LogP contribution in [0, 0.1) is 5.82 Å². The van der Waals surface area contributed by atoms with E-state index in [1.54, 1.807) is 25.1 Å². The maximum atomic E-state index is 13.0. The van der Waals surface area contributed by atoms with Crippen LogP contribution >= 0.6 is 11.6 Å². The normalized spacial score (nSPS) is 11.2. The van der Waals surface area contributed by atoms with Gasteiger partial charge in [0.05, 0.1) is 10.7 Å². The number of oxime groups is 1. The van der Waals surface area contributed by atoms with Gasteiger partial charge in [0.1, 0.15) is 12.4 Å². The third-order valence-corrected chi connectivity index (χ3v) is 3.41. The molecule has 2 aromatic carbocycles. The van der Waals surface area contributed by atoms with Gasteiger partial charge in [-0.1, -0.05) is 35.0 Å². The molecule has 0 radical (unpaired) electrons. The predicted molar refractivity (Wildman–Crippen MR) is 89.2 cm³/mol. The van der Waals surface area contributed by atoms with E-state index in [2.05, 4.69) is 10.5 Å². The molecule has 0 aliphatic heterocycles. The molecular formula is C17H16ClFN2O2. The van der Waals surface area contributed by atoms with Gasteiger partial charge in [0.15, 0.2) is 0 Å². The van der Waals surface area contributed by atoms with Crippen LogP contribution in [-0.2, 0) is 16.2 Å². The van der Waals surface area contributed by atoms with Crippen molar-refractivity contribution in [1.29, 1.82) is 0 Å². The predicted octanol–water partition coefficient (Wildman–Crippen LogP) is 4.38. The first-order chi connectivity index (χ1) is 11.0. The lowest BCUT2D eigenvalue weighted by molar-refractivity contribution is -0.114. The second kappa shape index (κ2) is 7.74. The van der Waals surface area contributed by atoms with Crippen LogP contribution in [0.1, 0.15) is 25.0 Å². The molecule has 2 aromatic rings. The van der Waals surface area contributed by atoms with Gasteiger partial charge in [0.25, 0.3) is 0 Å². The van der Waals surface area contributed by atoms with Crippen molar-refractivity contribution >= 4 is 28.9 Å². The van der Waals surface area contributed by atoms with Crippen LogP contribution in [-0.4, -0.2) is 11.6 Å². The minimum Gasteiger partial charge on any atom is -0.391 e. The molecule has 0 fully saturated rings. The summed E-state index contributed by atoms with van der Waals surface area (Å²) in [5, 5.41) is 7.02. The third kappa shape index (κ3) is 5.07. The van der Waals surface area contributed by atoms with Crippen LogP contribution in [0.5, 0.6) is 0 Å². The highest BCUT2D eigenvalue weighted by molar-refractivity contribution is 6.31. The summed E-state index contributed by atoms with van der Waals surface area (Å²) in [5.41, 5.74) is 2.92. The molecule has 0 spiro atoms. The fraction of sp³-hybridized carbons (Fsp3) is 0.176. The van der Waals surface area contributed by atoms with E-state index >= 15 is 0 Å². The van der Waals surface area contributed by atoms with Crippen LogP contribution in [0.25, 0.3) is 0 Å². The van der Waals surface area contributed by atoms with E-state index in [1.807, 2.05) is 12.1 Å². The van der Waals surface area contributed by atoms with Gasteiger partial charge < -0.3 is 10.2 Å². The lowest BCUT2D eigenvalue weighted by Gasteiger charge is -2.06. The Labute approximate surface area is 138 Å². The van der Waals surface area contributed by atoms with Gasteiger partial charge in [-0.25, -0.2) is 4.39 Å². The van der Waals surface area contributed by atoms with Crippen LogP contribution in [0.4, 0.5) is 10.1 Å². The lowest BCUT2D eigenvalue weighted by Crippen LogP contribution is -2.06. The molecule has 0 saturated heterocycles. The van der Waals surface area contributed by atoms with Crippen LogP contribution in [0.2, 0.25) is 5.02 Å². The molecule has 1 N–H and O–H groups in total. The number of nitrogens with one attached hydrogen (secondary N) is 1. The summed E-state index contributed by atoms with van der Waals surface area (Å²) in [7, 11) is 0. The topological polar surface area (TPSA) is 50.7 Å². The van der Waals surface area contributed by atoms with Crippen molar-refractivity contribution in [1.82, 2.24) is 0 Å². The highest BCUT2D eigenvalue weighted by Gasteiger charge is 2.03. The Bertz CT molecular complexity index is 730. The van der Waals surface area contributed by atoms with Crippen molar-refractivity contribution in [3.05, 3.63) is 64.4 Å². The van der Waals surface area contributed by atoms with Gasteiger partial charge in [0.2, 0.25) is 5.91 Å². The summed E-state index contributed by atoms with van der Waals surface area (Å²) < 4.78 is 13.0. The number of rotatable bonds is 5. The summed E-state index contributed by atoms with van der Waals surface area (Å²) in [5.74, 6) is -0.514. The molecule has 0 bridgehead atoms. The molecule has 0 saturated carbocycles. The van der Waals surface area contributed by atoms with E-state index in [0.717, 1.165) is 5.56 Å². The number of carbonyl (C=O) groups excluding carboxylic acids is 1. The Morgan fingerprint density at radius 3 is 2.52 bits per heavy atom. The number of hydrogen-bond acceptors (Lipinski definition) is 3. The maximum absolute atomic E-state index is 13.0. The minimum atomic E-state index is -0.391. The molecular weight excluding hydrogens is 319 g/mol. The Morgan fingerprint density at radius 1 is 1.22 bits per heavy atom. The molecule has 4 nitrogen and oxygen atoms in total. The van der Waals surface area contributed by atoms with E-state index < -0.39 is 5.82 Å². The number of amides is 1. The highest BCUT2D eigenvalue weighted by atomic mass is 35.5. The third-order valence-electron chi connectivity index (χ3n) is 3.06. The van der Waals surface area contributed by atoms with Crippen molar-refractivity contribution in [3.63, 3.8) is 0 Å². The molecule has 0 unspecified atom stereocenters. The number of carbonyl (C=O) groups is 1. The molecule has 0 aliphatic carbocycles. The fourth-order valence-electron chi connectivity index (χ4n) is 1.89. The minimum absolute atomic E-state index is 0.123. The highest BCUT2D eigenvalue weighted by Crippen LogP contribution is 2.18. The molecule has 0 heterocycles. The average Bonchev–Trinajstić information content (AvgIpc) is 2.49. The van der Waals surface area contributed by atoms with Crippen molar-refractivity contribution in [2.75, 3.05) is 5.32 Å². The molecule has 23 heavy (non-hydrogen) atoms. The molecule has 0 atom stereocenters. The van der Waals surface area contributed by atoms with E-state index in [9.17, 15) is 9.18 Å². The number of anilines is 1. The fourth-order valence-corrected chi connectivity index (χ4v) is 2.11.